The number of imidazole rings is 1. The van der Waals surface area contributed by atoms with Crippen molar-refractivity contribution >= 4 is 0 Å². The SMILES string of the molecule is CCn1ccnc1C(O)c1cccc(C)n1. The molecule has 0 aromatic carbocycles. The molecule has 2 rings (SSSR count). The van der Waals surface area contributed by atoms with Crippen molar-refractivity contribution in [2.24, 2.45) is 0 Å². The maximum Gasteiger partial charge on any atom is 0.153 e. The van der Waals surface area contributed by atoms with Crippen molar-refractivity contribution in [3.63, 3.8) is 0 Å². The minimum Gasteiger partial charge on any atom is -0.379 e. The lowest BCUT2D eigenvalue weighted by atomic mass is 10.2. The molecule has 4 heteroatoms. The van der Waals surface area contributed by atoms with Gasteiger partial charge in [0.05, 0.1) is 5.69 Å². The Bertz CT molecular complexity index is 479. The molecule has 0 amide bonds. The maximum atomic E-state index is 10.2. The van der Waals surface area contributed by atoms with Crippen LogP contribution in [-0.2, 0) is 6.54 Å². The molecule has 2 heterocycles. The van der Waals surface area contributed by atoms with E-state index in [2.05, 4.69) is 9.97 Å². The van der Waals surface area contributed by atoms with Crippen molar-refractivity contribution in [2.75, 3.05) is 0 Å². The van der Waals surface area contributed by atoms with Gasteiger partial charge >= 0.3 is 0 Å². The second kappa shape index (κ2) is 4.45. The second-order valence-electron chi connectivity index (χ2n) is 3.68. The molecule has 0 aliphatic rings. The largest absolute Gasteiger partial charge is 0.379 e. The lowest BCUT2D eigenvalue weighted by Gasteiger charge is -2.11. The lowest BCUT2D eigenvalue weighted by molar-refractivity contribution is 0.200. The molecule has 2 aromatic heterocycles. The molecule has 2 aromatic rings. The van der Waals surface area contributed by atoms with Crippen molar-refractivity contribution in [1.82, 2.24) is 14.5 Å². The number of nitrogens with zero attached hydrogens (tertiary/aromatic N) is 3. The summed E-state index contributed by atoms with van der Waals surface area (Å²) in [7, 11) is 0. The molecule has 0 aliphatic carbocycles. The van der Waals surface area contributed by atoms with E-state index in [-0.39, 0.29) is 0 Å². The summed E-state index contributed by atoms with van der Waals surface area (Å²) in [6.45, 7) is 4.71. The number of rotatable bonds is 3. The monoisotopic (exact) mass is 217 g/mol. The number of aliphatic hydroxyl groups excluding tert-OH is 1. The van der Waals surface area contributed by atoms with Gasteiger partial charge < -0.3 is 9.67 Å². The van der Waals surface area contributed by atoms with Crippen LogP contribution in [0.1, 0.15) is 30.2 Å². The number of aryl methyl sites for hydroxylation is 2. The Kier molecular flexibility index (Phi) is 3.01. The van der Waals surface area contributed by atoms with Gasteiger partial charge in [-0.3, -0.25) is 4.98 Å². The first-order valence-corrected chi connectivity index (χ1v) is 5.35. The lowest BCUT2D eigenvalue weighted by Crippen LogP contribution is -2.10. The van der Waals surface area contributed by atoms with E-state index in [4.69, 9.17) is 0 Å². The molecule has 0 saturated heterocycles. The van der Waals surface area contributed by atoms with Crippen molar-refractivity contribution in [2.45, 2.75) is 26.5 Å². The first kappa shape index (κ1) is 10.8. The Balaban J connectivity index is 2.35. The van der Waals surface area contributed by atoms with Crippen molar-refractivity contribution in [3.8, 4) is 0 Å². The number of aromatic nitrogens is 3. The van der Waals surface area contributed by atoms with Crippen LogP contribution in [0.25, 0.3) is 0 Å². The first-order valence-electron chi connectivity index (χ1n) is 5.35. The highest BCUT2D eigenvalue weighted by atomic mass is 16.3. The smallest absolute Gasteiger partial charge is 0.153 e. The standard InChI is InChI=1S/C12H15N3O/c1-3-15-8-7-13-12(15)11(16)10-6-4-5-9(2)14-10/h4-8,11,16H,3H2,1-2H3. The first-order chi connectivity index (χ1) is 7.72. The fourth-order valence-electron chi connectivity index (χ4n) is 1.68. The molecule has 16 heavy (non-hydrogen) atoms. The number of pyridine rings is 1. The molecule has 0 bridgehead atoms. The van der Waals surface area contributed by atoms with Crippen LogP contribution in [0, 0.1) is 6.92 Å². The van der Waals surface area contributed by atoms with E-state index in [0.29, 0.717) is 11.5 Å². The Labute approximate surface area is 94.6 Å². The van der Waals surface area contributed by atoms with Crippen LogP contribution in [0.2, 0.25) is 0 Å². The van der Waals surface area contributed by atoms with Gasteiger partial charge in [-0.1, -0.05) is 6.07 Å². The summed E-state index contributed by atoms with van der Waals surface area (Å²) in [6.07, 6.45) is 2.79. The molecular formula is C12H15N3O. The molecule has 4 nitrogen and oxygen atoms in total. The van der Waals surface area contributed by atoms with Gasteiger partial charge in [-0.2, -0.15) is 0 Å². The molecule has 0 spiro atoms. The summed E-state index contributed by atoms with van der Waals surface area (Å²) >= 11 is 0. The quantitative estimate of drug-likeness (QED) is 0.851. The Morgan fingerprint density at radius 1 is 1.44 bits per heavy atom. The second-order valence-corrected chi connectivity index (χ2v) is 3.68. The minimum atomic E-state index is -0.755. The third-order valence-corrected chi connectivity index (χ3v) is 2.52. The minimum absolute atomic E-state index is 0.639. The highest BCUT2D eigenvalue weighted by molar-refractivity contribution is 5.18. The summed E-state index contributed by atoms with van der Waals surface area (Å²) in [4.78, 5) is 8.47. The van der Waals surface area contributed by atoms with E-state index in [9.17, 15) is 5.11 Å². The average Bonchev–Trinajstić information content (AvgIpc) is 2.76. The van der Waals surface area contributed by atoms with Crippen molar-refractivity contribution in [1.29, 1.82) is 0 Å². The fourth-order valence-corrected chi connectivity index (χ4v) is 1.68. The number of aliphatic hydroxyl groups is 1. The van der Waals surface area contributed by atoms with Gasteiger partial charge in [0, 0.05) is 24.6 Å². The Hall–Kier alpha value is -1.68. The Morgan fingerprint density at radius 2 is 2.25 bits per heavy atom. The van der Waals surface area contributed by atoms with Gasteiger partial charge in [-0.25, -0.2) is 4.98 Å². The molecule has 0 saturated carbocycles. The van der Waals surface area contributed by atoms with Crippen LogP contribution in [0.4, 0.5) is 0 Å². The van der Waals surface area contributed by atoms with E-state index in [0.717, 1.165) is 12.2 Å². The maximum absolute atomic E-state index is 10.2. The normalized spacial score (nSPS) is 12.7. The van der Waals surface area contributed by atoms with Crippen molar-refractivity contribution < 1.29 is 5.11 Å². The van der Waals surface area contributed by atoms with Crippen LogP contribution >= 0.6 is 0 Å². The van der Waals surface area contributed by atoms with Crippen LogP contribution in [-0.4, -0.2) is 19.6 Å². The summed E-state index contributed by atoms with van der Waals surface area (Å²) in [5.41, 5.74) is 1.53. The van der Waals surface area contributed by atoms with Crippen LogP contribution in [0.3, 0.4) is 0 Å². The molecule has 1 N–H and O–H groups in total. The van der Waals surface area contributed by atoms with Gasteiger partial charge in [0.25, 0.3) is 0 Å². The van der Waals surface area contributed by atoms with Gasteiger partial charge in [-0.05, 0) is 26.0 Å². The molecular weight excluding hydrogens is 202 g/mol. The number of hydrogen-bond acceptors (Lipinski definition) is 3. The Morgan fingerprint density at radius 3 is 2.94 bits per heavy atom. The van der Waals surface area contributed by atoms with Gasteiger partial charge in [0.2, 0.25) is 0 Å². The van der Waals surface area contributed by atoms with Crippen molar-refractivity contribution in [3.05, 3.63) is 47.8 Å². The fraction of sp³-hybridized carbons (Fsp3) is 0.333. The topological polar surface area (TPSA) is 50.9 Å². The molecule has 0 fully saturated rings. The van der Waals surface area contributed by atoms with E-state index in [1.165, 1.54) is 0 Å². The zero-order valence-corrected chi connectivity index (χ0v) is 9.46. The summed E-state index contributed by atoms with van der Waals surface area (Å²) in [5, 5.41) is 10.2. The van der Waals surface area contributed by atoms with Gasteiger partial charge in [0.15, 0.2) is 6.10 Å². The van der Waals surface area contributed by atoms with Crippen LogP contribution in [0.5, 0.6) is 0 Å². The van der Waals surface area contributed by atoms with Gasteiger partial charge in [0.1, 0.15) is 5.82 Å². The third-order valence-electron chi connectivity index (χ3n) is 2.52. The number of hydrogen-bond donors (Lipinski definition) is 1. The summed E-state index contributed by atoms with van der Waals surface area (Å²) in [6, 6.07) is 5.61. The molecule has 1 atom stereocenters. The van der Waals surface area contributed by atoms with E-state index in [1.807, 2.05) is 42.8 Å². The third kappa shape index (κ3) is 1.97. The zero-order valence-electron chi connectivity index (χ0n) is 9.46. The van der Waals surface area contributed by atoms with Crippen LogP contribution < -0.4 is 0 Å². The van der Waals surface area contributed by atoms with Gasteiger partial charge in [-0.15, -0.1) is 0 Å². The molecule has 0 aliphatic heterocycles. The van der Waals surface area contributed by atoms with E-state index < -0.39 is 6.10 Å². The molecule has 0 radical (unpaired) electrons. The van der Waals surface area contributed by atoms with Crippen LogP contribution in [0.15, 0.2) is 30.6 Å². The highest BCUT2D eigenvalue weighted by Gasteiger charge is 2.16. The van der Waals surface area contributed by atoms with E-state index in [1.54, 1.807) is 6.20 Å². The average molecular weight is 217 g/mol. The summed E-state index contributed by atoms with van der Waals surface area (Å²) < 4.78 is 1.91. The molecule has 1 unspecified atom stereocenters. The highest BCUT2D eigenvalue weighted by Crippen LogP contribution is 2.18. The summed E-state index contributed by atoms with van der Waals surface area (Å²) in [5.74, 6) is 0.639. The zero-order chi connectivity index (χ0) is 11.5. The predicted molar refractivity (Wildman–Crippen MR) is 60.9 cm³/mol. The predicted octanol–water partition coefficient (Wildman–Crippen LogP) is 1.69. The van der Waals surface area contributed by atoms with E-state index >= 15 is 0 Å². The molecule has 84 valence electrons.